The highest BCUT2D eigenvalue weighted by Crippen LogP contribution is 2.41. The van der Waals surface area contributed by atoms with E-state index in [4.69, 9.17) is 4.74 Å². The molecule has 0 amide bonds. The number of halogens is 1. The molecule has 4 rings (SSSR count). The molecule has 1 fully saturated rings. The molecule has 1 atom stereocenters. The van der Waals surface area contributed by atoms with E-state index in [1.807, 2.05) is 6.07 Å². The third-order valence-corrected chi connectivity index (χ3v) is 7.75. The number of nitrogens with zero attached hydrogens (tertiary/aromatic N) is 1. The highest BCUT2D eigenvalue weighted by molar-refractivity contribution is 7.14. The summed E-state index contributed by atoms with van der Waals surface area (Å²) in [6.07, 6.45) is 9.85. The first kappa shape index (κ1) is 24.1. The van der Waals surface area contributed by atoms with Gasteiger partial charge in [0.1, 0.15) is 5.82 Å². The molecule has 1 unspecified atom stereocenters. The van der Waals surface area contributed by atoms with E-state index in [9.17, 15) is 14.0 Å². The largest absolute Gasteiger partial charge is 0.415 e. The van der Waals surface area contributed by atoms with E-state index in [1.165, 1.54) is 48.0 Å². The highest BCUT2D eigenvalue weighted by Gasteiger charge is 2.40. The van der Waals surface area contributed by atoms with Crippen LogP contribution in [0.1, 0.15) is 86.8 Å². The van der Waals surface area contributed by atoms with E-state index in [0.717, 1.165) is 37.7 Å². The van der Waals surface area contributed by atoms with E-state index in [-0.39, 0.29) is 23.5 Å². The van der Waals surface area contributed by atoms with Crippen molar-refractivity contribution in [3.05, 3.63) is 52.2 Å². The lowest BCUT2D eigenvalue weighted by molar-refractivity contribution is -0.134. The second-order valence-corrected chi connectivity index (χ2v) is 10.4. The molecule has 2 aliphatic rings. The summed E-state index contributed by atoms with van der Waals surface area (Å²) in [4.78, 5) is 28.7. The van der Waals surface area contributed by atoms with Gasteiger partial charge in [-0.1, -0.05) is 57.2 Å². The molecule has 178 valence electrons. The molecule has 1 aromatic carbocycles. The average Bonchev–Trinajstić information content (AvgIpc) is 3.58. The van der Waals surface area contributed by atoms with Crippen LogP contribution < -0.4 is 4.74 Å². The predicted octanol–water partition coefficient (Wildman–Crippen LogP) is 6.62. The van der Waals surface area contributed by atoms with E-state index in [2.05, 4.69) is 11.8 Å². The number of Topliss-reactive ketones (excluding diaryl/α,β-unsaturated/α-hetero) is 1. The Morgan fingerprint density at radius 1 is 1.15 bits per heavy atom. The summed E-state index contributed by atoms with van der Waals surface area (Å²) in [5.74, 6) is -0.313. The second-order valence-electron chi connectivity index (χ2n) is 9.33. The van der Waals surface area contributed by atoms with Crippen LogP contribution in [0.2, 0.25) is 0 Å². The molecular formula is C27H34FNO3S. The Morgan fingerprint density at radius 3 is 2.67 bits per heavy atom. The Bertz CT molecular complexity index is 968. The van der Waals surface area contributed by atoms with Gasteiger partial charge in [-0.25, -0.2) is 4.39 Å². The fourth-order valence-corrected chi connectivity index (χ4v) is 5.66. The van der Waals surface area contributed by atoms with Gasteiger partial charge in [0.05, 0.1) is 6.04 Å². The third kappa shape index (κ3) is 6.30. The van der Waals surface area contributed by atoms with Crippen molar-refractivity contribution in [2.75, 3.05) is 6.54 Å². The minimum atomic E-state index is -0.551. The number of carbonyl (C=O) groups is 2. The lowest BCUT2D eigenvalue weighted by Gasteiger charge is -2.34. The average molecular weight is 472 g/mol. The molecule has 1 aliphatic heterocycles. The maximum atomic E-state index is 14.6. The van der Waals surface area contributed by atoms with Crippen molar-refractivity contribution in [1.29, 1.82) is 0 Å². The van der Waals surface area contributed by atoms with Crippen LogP contribution in [0, 0.1) is 11.7 Å². The van der Waals surface area contributed by atoms with Crippen LogP contribution in [0.3, 0.4) is 0 Å². The van der Waals surface area contributed by atoms with Gasteiger partial charge in [0.15, 0.2) is 10.8 Å². The summed E-state index contributed by atoms with van der Waals surface area (Å²) in [6, 6.07) is 8.02. The van der Waals surface area contributed by atoms with Crippen molar-refractivity contribution in [3.63, 3.8) is 0 Å². The van der Waals surface area contributed by atoms with Gasteiger partial charge in [-0.05, 0) is 43.4 Å². The molecule has 2 heterocycles. The summed E-state index contributed by atoms with van der Waals surface area (Å²) >= 11 is 1.53. The Hall–Kier alpha value is -2.05. The number of benzene rings is 1. The van der Waals surface area contributed by atoms with Crippen molar-refractivity contribution in [2.45, 2.75) is 83.7 Å². The van der Waals surface area contributed by atoms with Crippen LogP contribution in [0.4, 0.5) is 4.39 Å². The molecule has 0 spiro atoms. The van der Waals surface area contributed by atoms with Crippen molar-refractivity contribution in [3.8, 4) is 5.06 Å². The van der Waals surface area contributed by atoms with Crippen molar-refractivity contribution >= 4 is 23.1 Å². The van der Waals surface area contributed by atoms with Crippen LogP contribution in [0.5, 0.6) is 5.06 Å². The Morgan fingerprint density at radius 2 is 1.91 bits per heavy atom. The van der Waals surface area contributed by atoms with Crippen molar-refractivity contribution in [1.82, 2.24) is 4.90 Å². The number of ketones is 1. The first-order chi connectivity index (χ1) is 16.1. The van der Waals surface area contributed by atoms with Gasteiger partial charge in [0, 0.05) is 35.9 Å². The van der Waals surface area contributed by atoms with Crippen molar-refractivity contribution in [2.24, 2.45) is 5.92 Å². The van der Waals surface area contributed by atoms with E-state index in [1.54, 1.807) is 18.2 Å². The molecule has 4 nitrogen and oxygen atoms in total. The van der Waals surface area contributed by atoms with Gasteiger partial charge in [-0.3, -0.25) is 14.5 Å². The smallest absolute Gasteiger partial charge is 0.311 e. The number of carbonyl (C=O) groups excluding carboxylic acids is 2. The van der Waals surface area contributed by atoms with E-state index in [0.29, 0.717) is 30.1 Å². The molecule has 0 N–H and O–H groups in total. The van der Waals surface area contributed by atoms with Crippen LogP contribution in [0.25, 0.3) is 0 Å². The van der Waals surface area contributed by atoms with Crippen molar-refractivity contribution < 1.29 is 18.7 Å². The number of hydrogen-bond donors (Lipinski definition) is 0. The lowest BCUT2D eigenvalue weighted by atomic mass is 9.95. The Labute approximate surface area is 200 Å². The van der Waals surface area contributed by atoms with E-state index >= 15 is 0 Å². The Balaban J connectivity index is 1.37. The fourth-order valence-electron chi connectivity index (χ4n) is 4.63. The molecule has 0 bridgehead atoms. The van der Waals surface area contributed by atoms with Gasteiger partial charge in [0.2, 0.25) is 0 Å². The lowest BCUT2D eigenvalue weighted by Crippen LogP contribution is -2.38. The summed E-state index contributed by atoms with van der Waals surface area (Å²) in [7, 11) is 0. The number of hydrogen-bond acceptors (Lipinski definition) is 5. The van der Waals surface area contributed by atoms with E-state index < -0.39 is 6.04 Å². The zero-order valence-electron chi connectivity index (χ0n) is 19.5. The normalized spacial score (nSPS) is 16.9. The molecule has 1 aliphatic carbocycles. The molecule has 6 heteroatoms. The SMILES string of the molecule is CCCCCCCCC(=O)Oc1cc2c(s1)CCN(C(C(=O)C1CC1)c1ccccc1F)C2. The topological polar surface area (TPSA) is 46.6 Å². The molecule has 2 aromatic rings. The first-order valence-electron chi connectivity index (χ1n) is 12.4. The summed E-state index contributed by atoms with van der Waals surface area (Å²) in [6.45, 7) is 3.46. The summed E-state index contributed by atoms with van der Waals surface area (Å²) in [5, 5.41) is 0.633. The molecule has 0 radical (unpaired) electrons. The summed E-state index contributed by atoms with van der Waals surface area (Å²) < 4.78 is 20.3. The van der Waals surface area contributed by atoms with Crippen LogP contribution in [0.15, 0.2) is 30.3 Å². The van der Waals surface area contributed by atoms with Gasteiger partial charge in [-0.2, -0.15) is 0 Å². The highest BCUT2D eigenvalue weighted by atomic mass is 32.1. The molecule has 1 aromatic heterocycles. The fraction of sp³-hybridized carbons (Fsp3) is 0.556. The third-order valence-electron chi connectivity index (χ3n) is 6.64. The van der Waals surface area contributed by atoms with Gasteiger partial charge in [0.25, 0.3) is 0 Å². The zero-order chi connectivity index (χ0) is 23.2. The minimum absolute atomic E-state index is 0.0527. The Kier molecular flexibility index (Phi) is 8.31. The number of thiophene rings is 1. The van der Waals surface area contributed by atoms with Crippen LogP contribution >= 0.6 is 11.3 Å². The van der Waals surface area contributed by atoms with Crippen LogP contribution in [-0.2, 0) is 22.6 Å². The minimum Gasteiger partial charge on any atom is -0.415 e. The van der Waals surface area contributed by atoms with Gasteiger partial charge in [-0.15, -0.1) is 11.3 Å². The molecule has 1 saturated carbocycles. The van der Waals surface area contributed by atoms with Gasteiger partial charge >= 0.3 is 5.97 Å². The maximum absolute atomic E-state index is 14.6. The number of unbranched alkanes of at least 4 members (excludes halogenated alkanes) is 5. The van der Waals surface area contributed by atoms with Crippen LogP contribution in [-0.4, -0.2) is 23.2 Å². The first-order valence-corrected chi connectivity index (χ1v) is 13.2. The number of ether oxygens (including phenoxy) is 1. The number of fused-ring (bicyclic) bond motifs is 1. The van der Waals surface area contributed by atoms with Gasteiger partial charge < -0.3 is 4.74 Å². The monoisotopic (exact) mass is 471 g/mol. The number of esters is 1. The molecule has 33 heavy (non-hydrogen) atoms. The summed E-state index contributed by atoms with van der Waals surface area (Å²) in [5.41, 5.74) is 1.55. The molecule has 0 saturated heterocycles. The number of rotatable bonds is 12. The second kappa shape index (κ2) is 11.4. The zero-order valence-corrected chi connectivity index (χ0v) is 20.3. The predicted molar refractivity (Wildman–Crippen MR) is 129 cm³/mol. The quantitative estimate of drug-likeness (QED) is 0.258. The molecular weight excluding hydrogens is 437 g/mol. The maximum Gasteiger partial charge on any atom is 0.311 e. The standard InChI is InChI=1S/C27H34FNO3S/c1-2-3-4-5-6-7-12-24(30)32-25-17-20-18-29(16-15-23(20)33-25)26(27(31)19-13-14-19)21-10-8-9-11-22(21)28/h8-11,17,19,26H,2-7,12-16,18H2,1H3.